The van der Waals surface area contributed by atoms with Crippen LogP contribution in [0.5, 0.6) is 0 Å². The predicted molar refractivity (Wildman–Crippen MR) is 232 cm³/mol. The fraction of sp³-hybridized carbons (Fsp3) is 0.958. The molecule has 0 aromatic rings. The van der Waals surface area contributed by atoms with Gasteiger partial charge < -0.3 is 19.5 Å². The summed E-state index contributed by atoms with van der Waals surface area (Å²) >= 11 is 0. The van der Waals surface area contributed by atoms with Gasteiger partial charge in [0.15, 0.2) is 0 Å². The molecule has 0 heterocycles. The molecule has 6 nitrogen and oxygen atoms in total. The second kappa shape index (κ2) is 36.2. The summed E-state index contributed by atoms with van der Waals surface area (Å²) in [7, 11) is 0. The highest BCUT2D eigenvalue weighted by Crippen LogP contribution is 2.28. The third-order valence-corrected chi connectivity index (χ3v) is 11.5. The van der Waals surface area contributed by atoms with Crippen molar-refractivity contribution in [2.45, 2.75) is 254 Å². The molecule has 0 saturated heterocycles. The van der Waals surface area contributed by atoms with Crippen LogP contribution in [-0.2, 0) is 19.1 Å². The normalized spacial score (nSPS) is 12.3. The molecule has 0 atom stereocenters. The molecule has 0 radical (unpaired) electrons. The summed E-state index contributed by atoms with van der Waals surface area (Å²) in [6.45, 7) is 18.4. The van der Waals surface area contributed by atoms with Gasteiger partial charge in [0.2, 0.25) is 0 Å². The molecule has 322 valence electrons. The Bertz CT molecular complexity index is 827. The molecule has 0 aromatic heterocycles. The van der Waals surface area contributed by atoms with Gasteiger partial charge in [-0.1, -0.05) is 176 Å². The molecule has 54 heavy (non-hydrogen) atoms. The van der Waals surface area contributed by atoms with Crippen LogP contribution in [0.15, 0.2) is 0 Å². The second-order valence-corrected chi connectivity index (χ2v) is 18.3. The van der Waals surface area contributed by atoms with Gasteiger partial charge in [0.05, 0.1) is 18.6 Å². The van der Waals surface area contributed by atoms with E-state index in [0.29, 0.717) is 19.6 Å². The minimum absolute atomic E-state index is 0.00863. The van der Waals surface area contributed by atoms with E-state index < -0.39 is 5.41 Å². The number of nitrogens with zero attached hydrogens (tertiary/aromatic N) is 1. The van der Waals surface area contributed by atoms with Gasteiger partial charge in [-0.3, -0.25) is 9.59 Å². The quantitative estimate of drug-likeness (QED) is 0.0493. The number of aliphatic hydroxyl groups is 1. The Labute approximate surface area is 337 Å². The molecule has 0 aliphatic rings. The van der Waals surface area contributed by atoms with Gasteiger partial charge in [0.1, 0.15) is 6.10 Å². The molecule has 0 amide bonds. The van der Waals surface area contributed by atoms with Crippen LogP contribution in [0.25, 0.3) is 0 Å². The standard InChI is InChI=1S/C48H95NO5/c1-8-11-14-17-20-21-22-23-26-31-36-45(51)53-43-47(4,5)38-40-49(41-42-50)39-33-28-27-32-37-48(6,7)46(52)54-44(34-29-24-18-15-12-9-2)35-30-25-19-16-13-10-3/h44,50H,8-43H2,1-7H3. The van der Waals surface area contributed by atoms with E-state index in [1.165, 1.54) is 116 Å². The van der Waals surface area contributed by atoms with Crippen molar-refractivity contribution in [3.05, 3.63) is 0 Å². The number of esters is 2. The molecule has 1 N–H and O–H groups in total. The summed E-state index contributed by atoms with van der Waals surface area (Å²) in [5.74, 6) is -0.0712. The average Bonchev–Trinajstić information content (AvgIpc) is 3.14. The Morgan fingerprint density at radius 1 is 0.537 bits per heavy atom. The Balaban J connectivity index is 4.40. The molecule has 0 rings (SSSR count). The Morgan fingerprint density at radius 2 is 0.981 bits per heavy atom. The van der Waals surface area contributed by atoms with E-state index in [1.54, 1.807) is 0 Å². The zero-order valence-electron chi connectivity index (χ0n) is 37.6. The van der Waals surface area contributed by atoms with E-state index in [1.807, 2.05) is 0 Å². The smallest absolute Gasteiger partial charge is 0.311 e. The van der Waals surface area contributed by atoms with Crippen molar-refractivity contribution in [2.24, 2.45) is 10.8 Å². The number of rotatable bonds is 41. The first kappa shape index (κ1) is 52.9. The van der Waals surface area contributed by atoms with Crippen LogP contribution in [-0.4, -0.2) is 60.9 Å². The first-order valence-electron chi connectivity index (χ1n) is 23.7. The first-order valence-corrected chi connectivity index (χ1v) is 23.7. The number of hydrogen-bond acceptors (Lipinski definition) is 6. The third kappa shape index (κ3) is 33.0. The van der Waals surface area contributed by atoms with Gasteiger partial charge in [0, 0.05) is 18.4 Å². The number of aliphatic hydroxyl groups excluding tert-OH is 1. The van der Waals surface area contributed by atoms with Crippen molar-refractivity contribution in [1.82, 2.24) is 4.90 Å². The fourth-order valence-electron chi connectivity index (χ4n) is 7.35. The lowest BCUT2D eigenvalue weighted by molar-refractivity contribution is -0.161. The lowest BCUT2D eigenvalue weighted by Gasteiger charge is -2.29. The van der Waals surface area contributed by atoms with Crippen LogP contribution in [0.2, 0.25) is 0 Å². The molecule has 0 aliphatic heterocycles. The Hall–Kier alpha value is -1.14. The van der Waals surface area contributed by atoms with Crippen molar-refractivity contribution in [2.75, 3.05) is 32.8 Å². The third-order valence-electron chi connectivity index (χ3n) is 11.5. The number of carbonyl (C=O) groups is 2. The summed E-state index contributed by atoms with van der Waals surface area (Å²) in [6, 6.07) is 0. The maximum Gasteiger partial charge on any atom is 0.311 e. The zero-order chi connectivity index (χ0) is 40.2. The lowest BCUT2D eigenvalue weighted by Crippen LogP contribution is -2.33. The largest absolute Gasteiger partial charge is 0.465 e. The van der Waals surface area contributed by atoms with Gasteiger partial charge in [0.25, 0.3) is 0 Å². The van der Waals surface area contributed by atoms with Crippen molar-refractivity contribution in [3.63, 3.8) is 0 Å². The van der Waals surface area contributed by atoms with E-state index in [-0.39, 0.29) is 30.1 Å². The summed E-state index contributed by atoms with van der Waals surface area (Å²) in [6.07, 6.45) is 36.6. The van der Waals surface area contributed by atoms with Crippen LogP contribution in [0.1, 0.15) is 248 Å². The van der Waals surface area contributed by atoms with Gasteiger partial charge in [-0.25, -0.2) is 0 Å². The molecular weight excluding hydrogens is 671 g/mol. The molecule has 0 aliphatic carbocycles. The number of ether oxygens (including phenoxy) is 2. The molecule has 6 heteroatoms. The van der Waals surface area contributed by atoms with Crippen molar-refractivity contribution >= 4 is 11.9 Å². The van der Waals surface area contributed by atoms with E-state index in [9.17, 15) is 14.7 Å². The summed E-state index contributed by atoms with van der Waals surface area (Å²) in [5.41, 5.74) is -0.546. The topological polar surface area (TPSA) is 76.1 Å². The van der Waals surface area contributed by atoms with E-state index in [2.05, 4.69) is 53.4 Å². The number of hydrogen-bond donors (Lipinski definition) is 1. The van der Waals surface area contributed by atoms with Crippen LogP contribution in [0.3, 0.4) is 0 Å². The highest BCUT2D eigenvalue weighted by atomic mass is 16.5. The maximum absolute atomic E-state index is 13.4. The monoisotopic (exact) mass is 766 g/mol. The highest BCUT2D eigenvalue weighted by molar-refractivity contribution is 5.76. The second-order valence-electron chi connectivity index (χ2n) is 18.3. The van der Waals surface area contributed by atoms with E-state index in [4.69, 9.17) is 9.47 Å². The lowest BCUT2D eigenvalue weighted by atomic mass is 9.86. The summed E-state index contributed by atoms with van der Waals surface area (Å²) < 4.78 is 11.9. The van der Waals surface area contributed by atoms with Gasteiger partial charge >= 0.3 is 11.9 Å². The molecule has 0 unspecified atom stereocenters. The Morgan fingerprint density at radius 3 is 1.48 bits per heavy atom. The number of unbranched alkanes of at least 4 members (excludes halogenated alkanes) is 22. The van der Waals surface area contributed by atoms with Crippen molar-refractivity contribution in [3.8, 4) is 0 Å². The average molecular weight is 766 g/mol. The summed E-state index contributed by atoms with van der Waals surface area (Å²) in [5, 5.41) is 9.71. The van der Waals surface area contributed by atoms with Gasteiger partial charge in [-0.05, 0) is 78.3 Å². The molecule has 0 bridgehead atoms. The van der Waals surface area contributed by atoms with E-state index in [0.717, 1.165) is 90.1 Å². The zero-order valence-corrected chi connectivity index (χ0v) is 37.6. The Kier molecular flexibility index (Phi) is 35.5. The molecule has 0 spiro atoms. The van der Waals surface area contributed by atoms with Crippen LogP contribution in [0, 0.1) is 10.8 Å². The van der Waals surface area contributed by atoms with Crippen molar-refractivity contribution in [1.29, 1.82) is 0 Å². The summed E-state index contributed by atoms with van der Waals surface area (Å²) in [4.78, 5) is 28.1. The molecule has 0 saturated carbocycles. The minimum atomic E-state index is -0.453. The molecule has 0 aromatic carbocycles. The predicted octanol–water partition coefficient (Wildman–Crippen LogP) is 13.9. The van der Waals surface area contributed by atoms with Gasteiger partial charge in [-0.2, -0.15) is 0 Å². The SMILES string of the molecule is CCCCCCCCCCCCC(=O)OCC(C)(C)CCN(CCO)CCCCCCC(C)(C)C(=O)OC(CCCCCCCC)CCCCCCCC. The van der Waals surface area contributed by atoms with Crippen LogP contribution >= 0.6 is 0 Å². The fourth-order valence-corrected chi connectivity index (χ4v) is 7.35. The van der Waals surface area contributed by atoms with E-state index >= 15 is 0 Å². The maximum atomic E-state index is 13.4. The minimum Gasteiger partial charge on any atom is -0.465 e. The molecule has 0 fully saturated rings. The number of carbonyl (C=O) groups excluding carboxylic acids is 2. The van der Waals surface area contributed by atoms with Gasteiger partial charge in [-0.15, -0.1) is 0 Å². The highest BCUT2D eigenvalue weighted by Gasteiger charge is 2.31. The van der Waals surface area contributed by atoms with Crippen molar-refractivity contribution < 1.29 is 24.2 Å². The van der Waals surface area contributed by atoms with Crippen LogP contribution in [0.4, 0.5) is 0 Å². The van der Waals surface area contributed by atoms with Crippen LogP contribution < -0.4 is 0 Å². The molecular formula is C48H95NO5. The first-order chi connectivity index (χ1) is 26.0.